The summed E-state index contributed by atoms with van der Waals surface area (Å²) in [6.07, 6.45) is 35.9. The molecule has 3 N–H and O–H groups in total. The van der Waals surface area contributed by atoms with Crippen molar-refractivity contribution < 1.29 is 38.3 Å². The Balaban J connectivity index is 4.13. The molecule has 0 saturated heterocycles. The van der Waals surface area contributed by atoms with E-state index < -0.39 is 26.4 Å². The Bertz CT molecular complexity index is 723. The van der Waals surface area contributed by atoms with Crippen LogP contribution in [0, 0.1) is 0 Å². The number of rotatable bonds is 40. The van der Waals surface area contributed by atoms with Gasteiger partial charge in [0.05, 0.1) is 19.3 Å². The summed E-state index contributed by atoms with van der Waals surface area (Å²) in [7, 11) is -5.01. The third-order valence-electron chi connectivity index (χ3n) is 9.09. The minimum Gasteiger partial charge on any atom is -0.756 e. The van der Waals surface area contributed by atoms with Crippen LogP contribution in [0.4, 0.5) is 0 Å². The number of carboxylic acid groups (broad SMARTS) is 1. The molecule has 3 atom stereocenters. The molecule has 0 bridgehead atoms. The molecule has 0 fully saturated rings. The van der Waals surface area contributed by atoms with Gasteiger partial charge in [-0.2, -0.15) is 0 Å². The van der Waals surface area contributed by atoms with Crippen LogP contribution in [0.5, 0.6) is 0 Å². The van der Waals surface area contributed by atoms with Crippen molar-refractivity contribution in [1.82, 2.24) is 5.32 Å². The fourth-order valence-corrected chi connectivity index (χ4v) is 6.32. The number of nitrogens with one attached hydrogen (secondary N) is 1. The number of carbonyl (C=O) groups is 1. The maximum absolute atomic E-state index is 11.6. The number of phosphoric acid groups is 1. The number of phosphoric ester groups is 1. The summed E-state index contributed by atoms with van der Waals surface area (Å²) in [5.41, 5.74) is 0. The van der Waals surface area contributed by atoms with Gasteiger partial charge in [-0.15, -0.1) is 0 Å². The number of hydrogen-bond donors (Lipinski definition) is 3. The highest BCUT2D eigenvalue weighted by atomic mass is 31.2. The molecule has 0 aromatic carbocycles. The zero-order valence-corrected chi connectivity index (χ0v) is 32.2. The van der Waals surface area contributed by atoms with Gasteiger partial charge in [0.25, 0.3) is 7.82 Å². The molecule has 0 aromatic rings. The lowest BCUT2D eigenvalue weighted by Crippen LogP contribution is -2.45. The predicted octanol–water partition coefficient (Wildman–Crippen LogP) is 9.87. The molecule has 0 spiro atoms. The number of carboxylic acids is 1. The average molecular weight is 707 g/mol. The van der Waals surface area contributed by atoms with Gasteiger partial charge in [0.1, 0.15) is 6.04 Å². The van der Waals surface area contributed by atoms with E-state index >= 15 is 0 Å². The minimum atomic E-state index is -5.01. The van der Waals surface area contributed by atoms with Gasteiger partial charge < -0.3 is 28.9 Å². The van der Waals surface area contributed by atoms with Gasteiger partial charge in [-0.05, 0) is 12.8 Å². The van der Waals surface area contributed by atoms with Gasteiger partial charge >= 0.3 is 5.97 Å². The van der Waals surface area contributed by atoms with Crippen LogP contribution in [0.1, 0.15) is 194 Å². The van der Waals surface area contributed by atoms with Crippen LogP contribution in [0.25, 0.3) is 0 Å². The molecule has 288 valence electrons. The molecule has 0 saturated carbocycles. The third kappa shape index (κ3) is 36.7. The van der Waals surface area contributed by atoms with E-state index in [4.69, 9.17) is 14.4 Å². The first-order chi connectivity index (χ1) is 23.3. The predicted molar refractivity (Wildman–Crippen MR) is 196 cm³/mol. The molecule has 0 radical (unpaired) electrons. The Morgan fingerprint density at radius 1 is 0.604 bits per heavy atom. The van der Waals surface area contributed by atoms with Crippen LogP contribution < -0.4 is 10.2 Å². The largest absolute Gasteiger partial charge is 0.756 e. The lowest BCUT2D eigenvalue weighted by Gasteiger charge is -2.23. The van der Waals surface area contributed by atoms with Crippen molar-refractivity contribution in [3.63, 3.8) is 0 Å². The van der Waals surface area contributed by atoms with Gasteiger partial charge in [-0.25, -0.2) is 0 Å². The summed E-state index contributed by atoms with van der Waals surface area (Å²) in [6, 6.07) is -1.29. The molecule has 0 aliphatic carbocycles. The summed E-state index contributed by atoms with van der Waals surface area (Å²) in [5.74, 6) is -1.27. The summed E-state index contributed by atoms with van der Waals surface area (Å²) in [6.45, 7) is 5.52. The lowest BCUT2D eigenvalue weighted by molar-refractivity contribution is -0.220. The highest BCUT2D eigenvalue weighted by molar-refractivity contribution is 7.44. The molecule has 0 rings (SSSR count). The van der Waals surface area contributed by atoms with E-state index in [0.717, 1.165) is 25.7 Å². The normalized spacial score (nSPS) is 14.2. The van der Waals surface area contributed by atoms with E-state index in [0.29, 0.717) is 19.8 Å². The second-order valence-electron chi connectivity index (χ2n) is 13.8. The number of ether oxygens (including phenoxy) is 2. The Labute approximate surface area is 295 Å². The molecular weight excluding hydrogens is 629 g/mol. The molecule has 0 aromatic heterocycles. The van der Waals surface area contributed by atoms with E-state index in [1.54, 1.807) is 0 Å². The van der Waals surface area contributed by atoms with Crippen molar-refractivity contribution >= 4 is 13.8 Å². The van der Waals surface area contributed by atoms with E-state index in [-0.39, 0.29) is 12.6 Å². The standard InChI is InChI=1S/C38H78NO8P/c1-3-5-7-9-11-13-15-17-19-21-23-25-27-29-31-45-34-36(33-39-37(38(40)41)35-47-48(42,43)44)46-32-30-28-26-24-22-20-18-16-14-12-10-8-6-4-2/h36-37,39H,3-35H2,1-2H3,(H,40,41)(H2,42,43,44)/p-1/t36?,37-/m0/s1. The van der Waals surface area contributed by atoms with Gasteiger partial charge in [-0.1, -0.05) is 181 Å². The maximum atomic E-state index is 11.6. The Hall–Kier alpha value is -0.540. The molecule has 0 aliphatic rings. The van der Waals surface area contributed by atoms with E-state index in [1.807, 2.05) is 0 Å². The van der Waals surface area contributed by atoms with Gasteiger partial charge in [0.15, 0.2) is 0 Å². The highest BCUT2D eigenvalue weighted by Crippen LogP contribution is 2.30. The second-order valence-corrected chi connectivity index (χ2v) is 15.0. The maximum Gasteiger partial charge on any atom is 0.323 e. The second kappa shape index (κ2) is 36.3. The van der Waals surface area contributed by atoms with Gasteiger partial charge in [0, 0.05) is 19.8 Å². The molecule has 0 amide bonds. The summed E-state index contributed by atoms with van der Waals surface area (Å²) >= 11 is 0. The van der Waals surface area contributed by atoms with Crippen LogP contribution in [-0.2, 0) is 23.4 Å². The molecule has 0 aliphatic heterocycles. The SMILES string of the molecule is CCCCCCCCCCCCCCCCOCC(CN[C@@H](COP(=O)([O-])O)C(=O)O)OCCCCCCCCCCCCCCCC. The lowest BCUT2D eigenvalue weighted by atomic mass is 10.0. The van der Waals surface area contributed by atoms with Gasteiger partial charge in [-0.3, -0.25) is 14.7 Å². The number of unbranched alkanes of at least 4 members (excludes halogenated alkanes) is 26. The van der Waals surface area contributed by atoms with Crippen molar-refractivity contribution in [2.45, 2.75) is 206 Å². The fraction of sp³-hybridized carbons (Fsp3) is 0.974. The first-order valence-corrected chi connectivity index (χ1v) is 21.6. The summed E-state index contributed by atoms with van der Waals surface area (Å²) in [5, 5.41) is 12.2. The van der Waals surface area contributed by atoms with Crippen LogP contribution in [-0.4, -0.2) is 61.1 Å². The van der Waals surface area contributed by atoms with Crippen LogP contribution >= 0.6 is 7.82 Å². The Kier molecular flexibility index (Phi) is 35.8. The molecule has 0 heterocycles. The molecule has 9 nitrogen and oxygen atoms in total. The van der Waals surface area contributed by atoms with Crippen molar-refractivity contribution in [3.05, 3.63) is 0 Å². The van der Waals surface area contributed by atoms with E-state index in [1.165, 1.54) is 154 Å². The third-order valence-corrected chi connectivity index (χ3v) is 9.57. The van der Waals surface area contributed by atoms with Crippen molar-refractivity contribution in [3.8, 4) is 0 Å². The quantitative estimate of drug-likeness (QED) is 0.0420. The number of hydrogen-bond acceptors (Lipinski definition) is 7. The zero-order valence-electron chi connectivity index (χ0n) is 31.3. The van der Waals surface area contributed by atoms with Crippen molar-refractivity contribution in [2.75, 3.05) is 33.0 Å². The van der Waals surface area contributed by atoms with E-state index in [2.05, 4.69) is 23.7 Å². The first kappa shape index (κ1) is 47.5. The van der Waals surface area contributed by atoms with Crippen LogP contribution in [0.3, 0.4) is 0 Å². The Morgan fingerprint density at radius 2 is 0.958 bits per heavy atom. The molecule has 2 unspecified atom stereocenters. The number of aliphatic carboxylic acids is 1. The molecule has 10 heteroatoms. The fourth-order valence-electron chi connectivity index (χ4n) is 5.99. The monoisotopic (exact) mass is 707 g/mol. The van der Waals surface area contributed by atoms with Gasteiger partial charge in [0.2, 0.25) is 0 Å². The molecule has 48 heavy (non-hydrogen) atoms. The summed E-state index contributed by atoms with van der Waals surface area (Å²) < 4.78 is 27.2. The topological polar surface area (TPSA) is 137 Å². The minimum absolute atomic E-state index is 0.173. The van der Waals surface area contributed by atoms with Crippen LogP contribution in [0.15, 0.2) is 0 Å². The summed E-state index contributed by atoms with van der Waals surface area (Å²) in [4.78, 5) is 31.4. The van der Waals surface area contributed by atoms with Crippen molar-refractivity contribution in [1.29, 1.82) is 0 Å². The Morgan fingerprint density at radius 3 is 1.31 bits per heavy atom. The highest BCUT2D eigenvalue weighted by Gasteiger charge is 2.21. The first-order valence-electron chi connectivity index (χ1n) is 20.1. The van der Waals surface area contributed by atoms with Crippen molar-refractivity contribution in [2.24, 2.45) is 0 Å². The zero-order chi connectivity index (χ0) is 35.4. The average Bonchev–Trinajstić information content (AvgIpc) is 3.05. The molecular formula is C38H77NO8P-. The van der Waals surface area contributed by atoms with E-state index in [9.17, 15) is 19.4 Å². The van der Waals surface area contributed by atoms with Crippen LogP contribution in [0.2, 0.25) is 0 Å². The smallest absolute Gasteiger partial charge is 0.323 e.